The van der Waals surface area contributed by atoms with Gasteiger partial charge in [-0.15, -0.1) is 0 Å². The molecule has 8 heteroatoms. The number of ether oxygens (including phenoxy) is 1. The van der Waals surface area contributed by atoms with Gasteiger partial charge in [0.05, 0.1) is 18.6 Å². The lowest BCUT2D eigenvalue weighted by Crippen LogP contribution is -2.30. The SMILES string of the molecule is COc1cccc2c1C(c1ccccc1Cl)c1cc(Cl)ccc1N(C(=O)c1ccc([N+](=O)[O-])cc1)C2. The quantitative estimate of drug-likeness (QED) is 0.210. The Bertz CT molecular complexity index is 1490. The molecule has 0 aromatic heterocycles. The molecule has 0 aliphatic carbocycles. The number of methoxy groups -OCH3 is 1. The number of hydrogen-bond acceptors (Lipinski definition) is 4. The van der Waals surface area contributed by atoms with E-state index in [4.69, 9.17) is 27.9 Å². The Morgan fingerprint density at radius 1 is 0.972 bits per heavy atom. The first-order valence-corrected chi connectivity index (χ1v) is 11.9. The van der Waals surface area contributed by atoms with Gasteiger partial charge < -0.3 is 9.64 Å². The van der Waals surface area contributed by atoms with E-state index in [2.05, 4.69) is 0 Å². The fraction of sp³-hybridized carbons (Fsp3) is 0.107. The number of non-ortho nitro benzene ring substituents is 1. The summed E-state index contributed by atoms with van der Waals surface area (Å²) in [4.78, 5) is 26.1. The van der Waals surface area contributed by atoms with Crippen LogP contribution in [0.2, 0.25) is 10.0 Å². The highest BCUT2D eigenvalue weighted by atomic mass is 35.5. The fourth-order valence-corrected chi connectivity index (χ4v) is 5.17. The van der Waals surface area contributed by atoms with Crippen molar-refractivity contribution in [2.75, 3.05) is 12.0 Å². The lowest BCUT2D eigenvalue weighted by molar-refractivity contribution is -0.384. The highest BCUT2D eigenvalue weighted by molar-refractivity contribution is 6.31. The Morgan fingerprint density at radius 3 is 2.42 bits per heavy atom. The van der Waals surface area contributed by atoms with Crippen molar-refractivity contribution in [3.8, 4) is 5.75 Å². The van der Waals surface area contributed by atoms with Crippen molar-refractivity contribution < 1.29 is 14.5 Å². The second-order valence-electron chi connectivity index (χ2n) is 8.39. The predicted molar refractivity (Wildman–Crippen MR) is 140 cm³/mol. The summed E-state index contributed by atoms with van der Waals surface area (Å²) in [6.07, 6.45) is 0. The topological polar surface area (TPSA) is 72.7 Å². The average Bonchev–Trinajstić information content (AvgIpc) is 3.03. The van der Waals surface area contributed by atoms with Gasteiger partial charge in [-0.1, -0.05) is 53.5 Å². The van der Waals surface area contributed by atoms with E-state index in [0.717, 1.165) is 22.3 Å². The number of nitro groups is 1. The number of hydrogen-bond donors (Lipinski definition) is 0. The van der Waals surface area contributed by atoms with Gasteiger partial charge in [-0.05, 0) is 59.2 Å². The van der Waals surface area contributed by atoms with Crippen molar-refractivity contribution in [3.05, 3.63) is 133 Å². The molecular formula is C28H20Cl2N2O4. The van der Waals surface area contributed by atoms with E-state index in [9.17, 15) is 14.9 Å². The van der Waals surface area contributed by atoms with Crippen LogP contribution in [0.4, 0.5) is 11.4 Å². The summed E-state index contributed by atoms with van der Waals surface area (Å²) in [7, 11) is 1.61. The van der Waals surface area contributed by atoms with Crippen LogP contribution in [0.25, 0.3) is 0 Å². The second-order valence-corrected chi connectivity index (χ2v) is 9.23. The van der Waals surface area contributed by atoms with Gasteiger partial charge in [0.25, 0.3) is 11.6 Å². The minimum Gasteiger partial charge on any atom is -0.496 e. The van der Waals surface area contributed by atoms with Gasteiger partial charge in [0.1, 0.15) is 5.75 Å². The summed E-state index contributed by atoms with van der Waals surface area (Å²) in [6.45, 7) is 0.262. The number of halogens is 2. The van der Waals surface area contributed by atoms with Crippen molar-refractivity contribution in [2.45, 2.75) is 12.5 Å². The van der Waals surface area contributed by atoms with E-state index in [-0.39, 0.29) is 24.1 Å². The van der Waals surface area contributed by atoms with Gasteiger partial charge >= 0.3 is 0 Å². The lowest BCUT2D eigenvalue weighted by atomic mass is 9.82. The number of amides is 1. The number of nitro benzene ring substituents is 1. The summed E-state index contributed by atoms with van der Waals surface area (Å²) in [5, 5.41) is 12.2. The molecule has 1 unspecified atom stereocenters. The van der Waals surface area contributed by atoms with Crippen LogP contribution in [0.1, 0.15) is 38.5 Å². The highest BCUT2D eigenvalue weighted by Gasteiger charge is 2.34. The summed E-state index contributed by atoms with van der Waals surface area (Å²) in [6, 6.07) is 24.3. The third kappa shape index (κ3) is 4.19. The smallest absolute Gasteiger partial charge is 0.269 e. The maximum absolute atomic E-state index is 13.8. The number of anilines is 1. The Kier molecular flexibility index (Phi) is 6.39. The van der Waals surface area contributed by atoms with Gasteiger partial charge in [-0.3, -0.25) is 14.9 Å². The first kappa shape index (κ1) is 23.9. The molecule has 0 fully saturated rings. The number of benzene rings is 4. The summed E-state index contributed by atoms with van der Waals surface area (Å²) in [5.74, 6) is 0.0308. The normalized spacial score (nSPS) is 14.4. The van der Waals surface area contributed by atoms with Crippen molar-refractivity contribution in [1.29, 1.82) is 0 Å². The minimum absolute atomic E-state index is 0.0801. The van der Waals surface area contributed by atoms with Crippen molar-refractivity contribution in [1.82, 2.24) is 0 Å². The van der Waals surface area contributed by atoms with Gasteiger partial charge in [0.15, 0.2) is 0 Å². The summed E-state index contributed by atoms with van der Waals surface area (Å²) in [5.41, 5.74) is 4.38. The van der Waals surface area contributed by atoms with Crippen LogP contribution in [0, 0.1) is 10.1 Å². The summed E-state index contributed by atoms with van der Waals surface area (Å²) >= 11 is 13.2. The van der Waals surface area contributed by atoms with Crippen LogP contribution in [0.15, 0.2) is 84.9 Å². The van der Waals surface area contributed by atoms with E-state index in [0.29, 0.717) is 27.0 Å². The highest BCUT2D eigenvalue weighted by Crippen LogP contribution is 2.48. The monoisotopic (exact) mass is 518 g/mol. The molecule has 0 bridgehead atoms. The number of fused-ring (bicyclic) bond motifs is 2. The minimum atomic E-state index is -0.492. The van der Waals surface area contributed by atoms with E-state index < -0.39 is 4.92 Å². The lowest BCUT2D eigenvalue weighted by Gasteiger charge is -2.25. The third-order valence-corrected chi connectivity index (χ3v) is 6.95. The molecule has 0 N–H and O–H groups in total. The van der Waals surface area contributed by atoms with Crippen LogP contribution in [-0.4, -0.2) is 17.9 Å². The van der Waals surface area contributed by atoms with Gasteiger partial charge in [-0.2, -0.15) is 0 Å². The molecule has 4 aromatic carbocycles. The average molecular weight is 519 g/mol. The fourth-order valence-electron chi connectivity index (χ4n) is 4.74. The van der Waals surface area contributed by atoms with Gasteiger partial charge in [0, 0.05) is 44.9 Å². The number of rotatable bonds is 4. The summed E-state index contributed by atoms with van der Waals surface area (Å²) < 4.78 is 5.78. The van der Waals surface area contributed by atoms with Crippen LogP contribution < -0.4 is 9.64 Å². The largest absolute Gasteiger partial charge is 0.496 e. The zero-order valence-electron chi connectivity index (χ0n) is 19.2. The van der Waals surface area contributed by atoms with E-state index in [1.165, 1.54) is 24.3 Å². The first-order chi connectivity index (χ1) is 17.4. The molecule has 6 nitrogen and oxygen atoms in total. The number of nitrogens with zero attached hydrogens (tertiary/aromatic N) is 2. The van der Waals surface area contributed by atoms with Crippen molar-refractivity contribution in [3.63, 3.8) is 0 Å². The van der Waals surface area contributed by atoms with E-state index in [1.807, 2.05) is 54.6 Å². The number of carbonyl (C=O) groups is 1. The van der Waals surface area contributed by atoms with Crippen molar-refractivity contribution >= 4 is 40.5 Å². The Morgan fingerprint density at radius 2 is 1.72 bits per heavy atom. The van der Waals surface area contributed by atoms with Crippen LogP contribution in [0.3, 0.4) is 0 Å². The Labute approximate surface area is 217 Å². The maximum Gasteiger partial charge on any atom is 0.269 e. The Hall–Kier alpha value is -3.87. The molecule has 0 saturated heterocycles. The van der Waals surface area contributed by atoms with E-state index >= 15 is 0 Å². The zero-order chi connectivity index (χ0) is 25.4. The molecule has 36 heavy (non-hydrogen) atoms. The number of carbonyl (C=O) groups excluding carboxylic acids is 1. The standard InChI is InChI=1S/C28H20Cl2N2O4/c1-36-25-8-4-5-18-16-31(28(33)17-9-12-20(13-10-17)32(34)35)24-14-11-19(29)15-22(24)27(26(18)25)21-6-2-3-7-23(21)30/h2-15,27H,16H2,1H3. The third-order valence-electron chi connectivity index (χ3n) is 6.37. The molecule has 1 amide bonds. The van der Waals surface area contributed by atoms with Crippen molar-refractivity contribution in [2.24, 2.45) is 0 Å². The molecule has 0 radical (unpaired) electrons. The molecule has 5 rings (SSSR count). The molecule has 0 saturated carbocycles. The molecule has 1 atom stereocenters. The Balaban J connectivity index is 1.76. The maximum atomic E-state index is 13.8. The second kappa shape index (κ2) is 9.64. The molecule has 1 aliphatic heterocycles. The van der Waals surface area contributed by atoms with Crippen LogP contribution in [0.5, 0.6) is 5.75 Å². The van der Waals surface area contributed by atoms with Gasteiger partial charge in [-0.25, -0.2) is 0 Å². The molecule has 1 heterocycles. The van der Waals surface area contributed by atoms with Crippen LogP contribution >= 0.6 is 23.2 Å². The molecule has 0 spiro atoms. The molecule has 180 valence electrons. The molecular weight excluding hydrogens is 499 g/mol. The van der Waals surface area contributed by atoms with Gasteiger partial charge in [0.2, 0.25) is 0 Å². The first-order valence-electron chi connectivity index (χ1n) is 11.1. The van der Waals surface area contributed by atoms with E-state index in [1.54, 1.807) is 18.1 Å². The molecule has 1 aliphatic rings. The zero-order valence-corrected chi connectivity index (χ0v) is 20.7. The van der Waals surface area contributed by atoms with Crippen LogP contribution in [-0.2, 0) is 6.54 Å². The predicted octanol–water partition coefficient (Wildman–Crippen LogP) is 7.25. The molecule has 4 aromatic rings.